The number of esters is 1. The van der Waals surface area contributed by atoms with Gasteiger partial charge in [0.15, 0.2) is 0 Å². The summed E-state index contributed by atoms with van der Waals surface area (Å²) in [6.07, 6.45) is 1.54. The number of carbonyl (C=O) groups excluding carboxylic acids is 1. The number of ether oxygens (including phenoxy) is 3. The van der Waals surface area contributed by atoms with Gasteiger partial charge in [-0.2, -0.15) is 0 Å². The molecule has 10 nitrogen and oxygen atoms in total. The normalized spacial score (nSPS) is 15.3. The minimum atomic E-state index is -4.21. The topological polar surface area (TPSA) is 128 Å². The van der Waals surface area contributed by atoms with Gasteiger partial charge in [0, 0.05) is 36.0 Å². The molecule has 43 heavy (non-hydrogen) atoms. The molecular weight excluding hydrogens is 643 g/mol. The number of anilines is 2. The van der Waals surface area contributed by atoms with Gasteiger partial charge in [0.1, 0.15) is 16.5 Å². The summed E-state index contributed by atoms with van der Waals surface area (Å²) in [5.41, 5.74) is 2.26. The number of benzene rings is 3. The maximum Gasteiger partial charge on any atom is 0.337 e. The highest BCUT2D eigenvalue weighted by molar-refractivity contribution is 9.10. The first-order valence-corrected chi connectivity index (χ1v) is 15.7. The number of carbonyl (C=O) groups is 1. The number of halogens is 2. The third kappa shape index (κ3) is 7.31. The van der Waals surface area contributed by atoms with Crippen LogP contribution in [0.4, 0.5) is 15.8 Å². The summed E-state index contributed by atoms with van der Waals surface area (Å²) in [7, 11) is -1.39. The molecule has 0 saturated carbocycles. The number of fused-ring (bicyclic) bond motifs is 1. The highest BCUT2D eigenvalue weighted by Crippen LogP contribution is 2.36. The second kappa shape index (κ2) is 13.3. The van der Waals surface area contributed by atoms with Gasteiger partial charge in [-0.05, 0) is 60.0 Å². The highest BCUT2D eigenvalue weighted by atomic mass is 79.9. The third-order valence-electron chi connectivity index (χ3n) is 6.92. The van der Waals surface area contributed by atoms with E-state index in [0.29, 0.717) is 41.0 Å². The van der Waals surface area contributed by atoms with E-state index in [2.05, 4.69) is 36.3 Å². The van der Waals surface area contributed by atoms with Crippen LogP contribution in [0.1, 0.15) is 21.5 Å². The van der Waals surface area contributed by atoms with Crippen LogP contribution in [-0.2, 0) is 32.5 Å². The maximum absolute atomic E-state index is 15.5. The van der Waals surface area contributed by atoms with Crippen molar-refractivity contribution in [3.63, 3.8) is 0 Å². The van der Waals surface area contributed by atoms with E-state index in [-0.39, 0.29) is 39.7 Å². The van der Waals surface area contributed by atoms with Crippen molar-refractivity contribution in [1.29, 1.82) is 0 Å². The first-order valence-electron chi connectivity index (χ1n) is 13.4. The molecule has 1 aromatic heterocycles. The SMILES string of the molecule is COC(=O)c1cc(CC2CNCCO2)cc(Nc2c(S(=O)(=O)NCc3ccc(OC)cc3)cnc3cc(Br)cc(F)c23)c1. The van der Waals surface area contributed by atoms with Gasteiger partial charge in [-0.15, -0.1) is 0 Å². The predicted octanol–water partition coefficient (Wildman–Crippen LogP) is 4.68. The molecule has 1 saturated heterocycles. The van der Waals surface area contributed by atoms with Crippen LogP contribution in [0, 0.1) is 5.82 Å². The predicted molar refractivity (Wildman–Crippen MR) is 164 cm³/mol. The van der Waals surface area contributed by atoms with E-state index in [1.54, 1.807) is 49.6 Å². The number of nitrogens with one attached hydrogen (secondary N) is 3. The Morgan fingerprint density at radius 2 is 1.93 bits per heavy atom. The number of aromatic nitrogens is 1. The number of hydrogen-bond acceptors (Lipinski definition) is 9. The van der Waals surface area contributed by atoms with Gasteiger partial charge in [-0.3, -0.25) is 4.98 Å². The summed E-state index contributed by atoms with van der Waals surface area (Å²) in [6.45, 7) is 1.94. The van der Waals surface area contributed by atoms with Gasteiger partial charge in [0.05, 0.1) is 49.1 Å². The molecule has 0 bridgehead atoms. The van der Waals surface area contributed by atoms with E-state index < -0.39 is 21.8 Å². The molecule has 13 heteroatoms. The molecule has 1 aliphatic rings. The summed E-state index contributed by atoms with van der Waals surface area (Å²) in [4.78, 5) is 16.6. The van der Waals surface area contributed by atoms with Crippen molar-refractivity contribution < 1.29 is 31.8 Å². The first kappa shape index (κ1) is 30.8. The van der Waals surface area contributed by atoms with Crippen LogP contribution in [0.15, 0.2) is 70.2 Å². The van der Waals surface area contributed by atoms with E-state index in [9.17, 15) is 13.2 Å². The Hall–Kier alpha value is -3.62. The Morgan fingerprint density at radius 3 is 2.63 bits per heavy atom. The summed E-state index contributed by atoms with van der Waals surface area (Å²) >= 11 is 3.28. The lowest BCUT2D eigenvalue weighted by Crippen LogP contribution is -2.39. The number of methoxy groups -OCH3 is 2. The Kier molecular flexibility index (Phi) is 9.57. The Morgan fingerprint density at radius 1 is 1.14 bits per heavy atom. The van der Waals surface area contributed by atoms with E-state index in [0.717, 1.165) is 12.1 Å². The molecule has 2 heterocycles. The van der Waals surface area contributed by atoms with Crippen molar-refractivity contribution in [1.82, 2.24) is 15.0 Å². The average Bonchev–Trinajstić information content (AvgIpc) is 3.00. The van der Waals surface area contributed by atoms with Gasteiger partial charge in [-0.1, -0.05) is 28.1 Å². The summed E-state index contributed by atoms with van der Waals surface area (Å²) in [6, 6.07) is 14.8. The zero-order chi connectivity index (χ0) is 30.6. The summed E-state index contributed by atoms with van der Waals surface area (Å²) < 4.78 is 61.8. The smallest absolute Gasteiger partial charge is 0.337 e. The quantitative estimate of drug-likeness (QED) is 0.206. The molecule has 1 unspecified atom stereocenters. The Bertz CT molecular complexity index is 1750. The van der Waals surface area contributed by atoms with Crippen LogP contribution in [0.3, 0.4) is 0 Å². The highest BCUT2D eigenvalue weighted by Gasteiger charge is 2.25. The number of rotatable bonds is 10. The van der Waals surface area contributed by atoms with Gasteiger partial charge >= 0.3 is 5.97 Å². The van der Waals surface area contributed by atoms with Crippen LogP contribution in [0.2, 0.25) is 0 Å². The molecule has 3 N–H and O–H groups in total. The summed E-state index contributed by atoms with van der Waals surface area (Å²) in [5, 5.41) is 6.35. The molecule has 4 aromatic rings. The van der Waals surface area contributed by atoms with Crippen molar-refractivity contribution in [2.24, 2.45) is 0 Å². The zero-order valence-corrected chi connectivity index (χ0v) is 25.8. The van der Waals surface area contributed by atoms with Crippen molar-refractivity contribution in [2.75, 3.05) is 39.2 Å². The number of morpholine rings is 1. The number of nitrogens with zero attached hydrogens (tertiary/aromatic N) is 1. The molecule has 5 rings (SSSR count). The molecule has 3 aromatic carbocycles. The molecule has 1 aliphatic heterocycles. The lowest BCUT2D eigenvalue weighted by molar-refractivity contribution is 0.0292. The molecule has 0 amide bonds. The lowest BCUT2D eigenvalue weighted by Gasteiger charge is -2.24. The maximum atomic E-state index is 15.5. The molecule has 0 spiro atoms. The van der Waals surface area contributed by atoms with E-state index in [4.69, 9.17) is 14.2 Å². The zero-order valence-electron chi connectivity index (χ0n) is 23.4. The average molecular weight is 674 g/mol. The van der Waals surface area contributed by atoms with Gasteiger partial charge in [0.25, 0.3) is 0 Å². The second-order valence-electron chi connectivity index (χ2n) is 9.89. The van der Waals surface area contributed by atoms with Crippen LogP contribution >= 0.6 is 15.9 Å². The van der Waals surface area contributed by atoms with Gasteiger partial charge in [0.2, 0.25) is 10.0 Å². The van der Waals surface area contributed by atoms with Crippen molar-refractivity contribution in [3.05, 3.63) is 87.8 Å². The summed E-state index contributed by atoms with van der Waals surface area (Å²) in [5.74, 6) is -0.618. The van der Waals surface area contributed by atoms with Crippen LogP contribution in [0.5, 0.6) is 5.75 Å². The minimum Gasteiger partial charge on any atom is -0.497 e. The first-order chi connectivity index (χ1) is 20.7. The molecule has 0 aliphatic carbocycles. The second-order valence-corrected chi connectivity index (χ2v) is 12.5. The molecule has 1 fully saturated rings. The van der Waals surface area contributed by atoms with E-state index >= 15 is 4.39 Å². The van der Waals surface area contributed by atoms with Crippen molar-refractivity contribution >= 4 is 54.2 Å². The number of sulfonamides is 1. The largest absolute Gasteiger partial charge is 0.497 e. The number of pyridine rings is 1. The number of hydrogen-bond donors (Lipinski definition) is 3. The molecular formula is C30H30BrFN4O6S. The lowest BCUT2D eigenvalue weighted by atomic mass is 10.0. The van der Waals surface area contributed by atoms with Crippen molar-refractivity contribution in [3.8, 4) is 5.75 Å². The minimum absolute atomic E-state index is 0.0238. The fourth-order valence-corrected chi connectivity index (χ4v) is 6.37. The Balaban J connectivity index is 1.56. The fourth-order valence-electron chi connectivity index (χ4n) is 4.83. The van der Waals surface area contributed by atoms with Crippen LogP contribution in [-0.4, -0.2) is 59.4 Å². The Labute approximate surface area is 257 Å². The monoisotopic (exact) mass is 672 g/mol. The van der Waals surface area contributed by atoms with E-state index in [1.165, 1.54) is 25.4 Å². The van der Waals surface area contributed by atoms with Crippen LogP contribution in [0.25, 0.3) is 10.9 Å². The van der Waals surface area contributed by atoms with Gasteiger partial charge < -0.3 is 24.8 Å². The molecule has 0 radical (unpaired) electrons. The third-order valence-corrected chi connectivity index (χ3v) is 8.79. The fraction of sp³-hybridized carbons (Fsp3) is 0.267. The van der Waals surface area contributed by atoms with E-state index in [1.807, 2.05) is 0 Å². The van der Waals surface area contributed by atoms with Crippen molar-refractivity contribution in [2.45, 2.75) is 24.0 Å². The molecule has 226 valence electrons. The van der Waals surface area contributed by atoms with Gasteiger partial charge in [-0.25, -0.2) is 22.3 Å². The van der Waals surface area contributed by atoms with Crippen LogP contribution < -0.4 is 20.1 Å². The standard InChI is InChI=1S/C30H30BrFN4O6S/c1-40-23-5-3-18(4-6-23)15-35-43(38,39)27-17-34-26-14-21(31)13-25(32)28(26)29(27)36-22-10-19(9-20(12-22)30(37)41-2)11-24-16-33-7-8-42-24/h3-6,9-10,12-14,17,24,33,35H,7-8,11,15-16H2,1-2H3,(H,34,36). The molecule has 1 atom stereocenters.